The van der Waals surface area contributed by atoms with E-state index in [1.807, 2.05) is 0 Å². The topological polar surface area (TPSA) is 41.5 Å². The maximum atomic E-state index is 5.36. The molecule has 0 aliphatic carbocycles. The molecule has 0 saturated carbocycles. The first-order valence-corrected chi connectivity index (χ1v) is 7.64. The summed E-state index contributed by atoms with van der Waals surface area (Å²) in [6, 6.07) is 0. The summed E-state index contributed by atoms with van der Waals surface area (Å²) in [5.74, 6) is 0. The summed E-state index contributed by atoms with van der Waals surface area (Å²) in [5.41, 5.74) is 0.0843. The molecule has 1 aromatic rings. The van der Waals surface area contributed by atoms with E-state index in [1.54, 1.807) is 11.3 Å². The first-order chi connectivity index (χ1) is 8.97. The second-order valence-corrected chi connectivity index (χ2v) is 6.97. The summed E-state index contributed by atoms with van der Waals surface area (Å²) in [4.78, 5) is 4.63. The van der Waals surface area contributed by atoms with Gasteiger partial charge < -0.3 is 9.64 Å². The lowest BCUT2D eigenvalue weighted by Gasteiger charge is -2.28. The zero-order valence-electron chi connectivity index (χ0n) is 12.3. The fourth-order valence-corrected chi connectivity index (χ4v) is 2.77. The number of anilines is 1. The van der Waals surface area contributed by atoms with Crippen LogP contribution in [0.5, 0.6) is 0 Å². The lowest BCUT2D eigenvalue weighted by Crippen LogP contribution is -2.40. The number of hydrogen-bond acceptors (Lipinski definition) is 6. The SMILES string of the molecule is CN(CCN1CCOCC1)c1nnc(C(C)(C)C)s1. The van der Waals surface area contributed by atoms with Crippen LogP contribution in [-0.4, -0.2) is 61.5 Å². The van der Waals surface area contributed by atoms with Gasteiger partial charge in [0.05, 0.1) is 13.2 Å². The molecule has 0 N–H and O–H groups in total. The molecule has 108 valence electrons. The molecule has 2 rings (SSSR count). The predicted octanol–water partition coefficient (Wildman–Crippen LogP) is 1.60. The molecule has 1 aliphatic heterocycles. The molecule has 0 atom stereocenters. The molecule has 1 saturated heterocycles. The van der Waals surface area contributed by atoms with E-state index in [0.717, 1.165) is 49.5 Å². The average Bonchev–Trinajstić information content (AvgIpc) is 2.87. The van der Waals surface area contributed by atoms with Crippen molar-refractivity contribution in [1.82, 2.24) is 15.1 Å². The van der Waals surface area contributed by atoms with E-state index >= 15 is 0 Å². The molecule has 0 amide bonds. The second-order valence-electron chi connectivity index (χ2n) is 6.02. The van der Waals surface area contributed by atoms with Gasteiger partial charge in [0.25, 0.3) is 0 Å². The normalized spacial score (nSPS) is 17.7. The van der Waals surface area contributed by atoms with Crippen LogP contribution >= 0.6 is 11.3 Å². The number of hydrogen-bond donors (Lipinski definition) is 0. The van der Waals surface area contributed by atoms with Crippen LogP contribution in [0.2, 0.25) is 0 Å². The van der Waals surface area contributed by atoms with Crippen molar-refractivity contribution in [3.05, 3.63) is 5.01 Å². The minimum absolute atomic E-state index is 0.0843. The molecule has 2 heterocycles. The molecule has 0 bridgehead atoms. The lowest BCUT2D eigenvalue weighted by molar-refractivity contribution is 0.0393. The number of rotatable bonds is 4. The molecule has 0 unspecified atom stereocenters. The fraction of sp³-hybridized carbons (Fsp3) is 0.846. The van der Waals surface area contributed by atoms with Gasteiger partial charge in [0, 0.05) is 38.6 Å². The summed E-state index contributed by atoms with van der Waals surface area (Å²) < 4.78 is 5.36. The number of likely N-dealkylation sites (N-methyl/N-ethyl adjacent to an activating group) is 1. The number of morpholine rings is 1. The molecule has 5 nitrogen and oxygen atoms in total. The van der Waals surface area contributed by atoms with Gasteiger partial charge in [-0.2, -0.15) is 0 Å². The van der Waals surface area contributed by atoms with Crippen LogP contribution in [0.3, 0.4) is 0 Å². The van der Waals surface area contributed by atoms with Crippen LogP contribution in [-0.2, 0) is 10.2 Å². The van der Waals surface area contributed by atoms with Crippen LogP contribution in [0.4, 0.5) is 5.13 Å². The van der Waals surface area contributed by atoms with Gasteiger partial charge in [-0.3, -0.25) is 4.90 Å². The van der Waals surface area contributed by atoms with Gasteiger partial charge in [0.1, 0.15) is 5.01 Å². The lowest BCUT2D eigenvalue weighted by atomic mass is 9.98. The Morgan fingerprint density at radius 2 is 1.95 bits per heavy atom. The van der Waals surface area contributed by atoms with E-state index in [-0.39, 0.29) is 5.41 Å². The molecule has 0 radical (unpaired) electrons. The van der Waals surface area contributed by atoms with Crippen LogP contribution in [0, 0.1) is 0 Å². The molecular formula is C13H24N4OS. The second kappa shape index (κ2) is 6.15. The standard InChI is InChI=1S/C13H24N4OS/c1-13(2,3)11-14-15-12(19-11)16(4)5-6-17-7-9-18-10-8-17/h5-10H2,1-4H3. The van der Waals surface area contributed by atoms with Gasteiger partial charge in [0.15, 0.2) is 0 Å². The predicted molar refractivity (Wildman–Crippen MR) is 79.1 cm³/mol. The van der Waals surface area contributed by atoms with Gasteiger partial charge in [-0.05, 0) is 0 Å². The van der Waals surface area contributed by atoms with E-state index in [1.165, 1.54) is 0 Å². The molecule has 1 aliphatic rings. The van der Waals surface area contributed by atoms with E-state index in [4.69, 9.17) is 4.74 Å². The third-order valence-corrected chi connectivity index (χ3v) is 4.70. The highest BCUT2D eigenvalue weighted by Crippen LogP contribution is 2.29. The summed E-state index contributed by atoms with van der Waals surface area (Å²) in [6.07, 6.45) is 0. The smallest absolute Gasteiger partial charge is 0.208 e. The van der Waals surface area contributed by atoms with Gasteiger partial charge in [0.2, 0.25) is 5.13 Å². The molecule has 1 fully saturated rings. The highest BCUT2D eigenvalue weighted by atomic mass is 32.1. The number of aromatic nitrogens is 2. The molecular weight excluding hydrogens is 260 g/mol. The Balaban J connectivity index is 1.85. The van der Waals surface area contributed by atoms with Crippen molar-refractivity contribution < 1.29 is 4.74 Å². The third kappa shape index (κ3) is 4.12. The molecule has 6 heteroatoms. The minimum Gasteiger partial charge on any atom is -0.379 e. The maximum Gasteiger partial charge on any atom is 0.208 e. The molecule has 1 aromatic heterocycles. The Morgan fingerprint density at radius 3 is 2.53 bits per heavy atom. The van der Waals surface area contributed by atoms with Gasteiger partial charge in [-0.25, -0.2) is 0 Å². The van der Waals surface area contributed by atoms with Crippen molar-refractivity contribution in [3.8, 4) is 0 Å². The van der Waals surface area contributed by atoms with Gasteiger partial charge in [-0.15, -0.1) is 10.2 Å². The van der Waals surface area contributed by atoms with Crippen LogP contribution in [0.15, 0.2) is 0 Å². The third-order valence-electron chi connectivity index (χ3n) is 3.24. The Kier molecular flexibility index (Phi) is 4.76. The van der Waals surface area contributed by atoms with Crippen molar-refractivity contribution in [1.29, 1.82) is 0 Å². The van der Waals surface area contributed by atoms with Crippen LogP contribution in [0.25, 0.3) is 0 Å². The quantitative estimate of drug-likeness (QED) is 0.840. The zero-order valence-corrected chi connectivity index (χ0v) is 13.2. The van der Waals surface area contributed by atoms with Crippen LogP contribution in [0.1, 0.15) is 25.8 Å². The summed E-state index contributed by atoms with van der Waals surface area (Å²) in [7, 11) is 2.09. The maximum absolute atomic E-state index is 5.36. The molecule has 0 spiro atoms. The highest BCUT2D eigenvalue weighted by Gasteiger charge is 2.20. The van der Waals surface area contributed by atoms with E-state index in [2.05, 4.69) is 47.8 Å². The van der Waals surface area contributed by atoms with E-state index < -0.39 is 0 Å². The molecule has 0 aromatic carbocycles. The van der Waals surface area contributed by atoms with Crippen molar-refractivity contribution in [2.24, 2.45) is 0 Å². The first kappa shape index (κ1) is 14.7. The van der Waals surface area contributed by atoms with E-state index in [0.29, 0.717) is 0 Å². The Morgan fingerprint density at radius 1 is 1.26 bits per heavy atom. The van der Waals surface area contributed by atoms with Crippen molar-refractivity contribution in [3.63, 3.8) is 0 Å². The first-order valence-electron chi connectivity index (χ1n) is 6.82. The highest BCUT2D eigenvalue weighted by molar-refractivity contribution is 7.15. The van der Waals surface area contributed by atoms with Crippen molar-refractivity contribution in [2.75, 3.05) is 51.3 Å². The number of ether oxygens (including phenoxy) is 1. The Hall–Kier alpha value is -0.720. The fourth-order valence-electron chi connectivity index (χ4n) is 1.88. The molecule has 19 heavy (non-hydrogen) atoms. The summed E-state index contributed by atoms with van der Waals surface area (Å²) in [6.45, 7) is 12.4. The van der Waals surface area contributed by atoms with Crippen molar-refractivity contribution in [2.45, 2.75) is 26.2 Å². The Bertz CT molecular complexity index is 396. The zero-order chi connectivity index (χ0) is 13.9. The van der Waals surface area contributed by atoms with Crippen molar-refractivity contribution >= 4 is 16.5 Å². The largest absolute Gasteiger partial charge is 0.379 e. The monoisotopic (exact) mass is 284 g/mol. The van der Waals surface area contributed by atoms with Crippen LogP contribution < -0.4 is 4.90 Å². The van der Waals surface area contributed by atoms with Gasteiger partial charge in [-0.1, -0.05) is 32.1 Å². The summed E-state index contributed by atoms with van der Waals surface area (Å²) >= 11 is 1.70. The Labute approximate surface area is 119 Å². The number of nitrogens with zero attached hydrogens (tertiary/aromatic N) is 4. The summed E-state index contributed by atoms with van der Waals surface area (Å²) in [5, 5.41) is 10.7. The minimum atomic E-state index is 0.0843. The average molecular weight is 284 g/mol. The van der Waals surface area contributed by atoms with Gasteiger partial charge >= 0.3 is 0 Å². The van der Waals surface area contributed by atoms with E-state index in [9.17, 15) is 0 Å².